The molecular weight excluding hydrogens is 166 g/mol. The van der Waals surface area contributed by atoms with E-state index in [0.717, 1.165) is 6.42 Å². The van der Waals surface area contributed by atoms with Crippen molar-refractivity contribution in [3.8, 4) is 0 Å². The van der Waals surface area contributed by atoms with E-state index >= 15 is 0 Å². The molecule has 0 radical (unpaired) electrons. The van der Waals surface area contributed by atoms with Gasteiger partial charge in [-0.3, -0.25) is 4.79 Å². The third kappa shape index (κ3) is 4.85. The highest BCUT2D eigenvalue weighted by atomic mass is 16.1. The Bertz CT molecular complexity index is 161. The highest BCUT2D eigenvalue weighted by molar-refractivity contribution is 5.79. The third-order valence-electron chi connectivity index (χ3n) is 2.52. The van der Waals surface area contributed by atoms with E-state index in [2.05, 4.69) is 26.1 Å². The molecule has 1 amide bonds. The summed E-state index contributed by atoms with van der Waals surface area (Å²) in [4.78, 5) is 10.6. The molecule has 0 bridgehead atoms. The second-order valence-corrected chi connectivity index (χ2v) is 3.59. The molecule has 0 aromatic heterocycles. The van der Waals surface area contributed by atoms with Crippen molar-refractivity contribution in [2.24, 2.45) is 17.4 Å². The minimum Gasteiger partial charge on any atom is -0.368 e. The number of nitrogens with one attached hydrogen (secondary N) is 1. The molecular formula is C9H21N3O. The van der Waals surface area contributed by atoms with Crippen LogP contribution >= 0.6 is 0 Å². The molecule has 0 heterocycles. The number of carbonyl (C=O) groups excluding carboxylic acids is 1. The summed E-state index contributed by atoms with van der Waals surface area (Å²) in [6, 6.07) is -0.207. The number of hydrogen-bond donors (Lipinski definition) is 3. The minimum atomic E-state index is -0.577. The first-order chi connectivity index (χ1) is 5.99. The van der Waals surface area contributed by atoms with Gasteiger partial charge in [0.05, 0.1) is 6.04 Å². The number of primary amides is 1. The largest absolute Gasteiger partial charge is 0.368 e. The van der Waals surface area contributed by atoms with Crippen LogP contribution in [0, 0.1) is 5.92 Å². The Morgan fingerprint density at radius 3 is 2.38 bits per heavy atom. The van der Waals surface area contributed by atoms with Gasteiger partial charge < -0.3 is 16.8 Å². The Morgan fingerprint density at radius 1 is 1.46 bits per heavy atom. The summed E-state index contributed by atoms with van der Waals surface area (Å²) in [5.41, 5.74) is 10.5. The summed E-state index contributed by atoms with van der Waals surface area (Å²) in [5, 5.41) is 3.19. The van der Waals surface area contributed by atoms with E-state index in [-0.39, 0.29) is 0 Å². The average Bonchev–Trinajstić information content (AvgIpc) is 2.11. The van der Waals surface area contributed by atoms with E-state index in [1.807, 2.05) is 0 Å². The van der Waals surface area contributed by atoms with E-state index in [9.17, 15) is 4.79 Å². The van der Waals surface area contributed by atoms with E-state index in [1.165, 1.54) is 0 Å². The van der Waals surface area contributed by atoms with E-state index in [1.54, 1.807) is 0 Å². The maximum Gasteiger partial charge on any atom is 0.235 e. The number of amides is 1. The van der Waals surface area contributed by atoms with Crippen molar-refractivity contribution >= 4 is 5.91 Å². The first-order valence-corrected chi connectivity index (χ1v) is 4.77. The summed E-state index contributed by atoms with van der Waals surface area (Å²) in [6.45, 7) is 6.84. The fourth-order valence-corrected chi connectivity index (χ4v) is 0.968. The molecule has 0 saturated carbocycles. The van der Waals surface area contributed by atoms with Gasteiger partial charge >= 0.3 is 0 Å². The summed E-state index contributed by atoms with van der Waals surface area (Å²) < 4.78 is 0. The molecule has 4 nitrogen and oxygen atoms in total. The lowest BCUT2D eigenvalue weighted by Crippen LogP contribution is -2.47. The van der Waals surface area contributed by atoms with Crippen LogP contribution < -0.4 is 16.8 Å². The zero-order chi connectivity index (χ0) is 10.4. The first-order valence-electron chi connectivity index (χ1n) is 4.77. The third-order valence-corrected chi connectivity index (χ3v) is 2.52. The summed E-state index contributed by atoms with van der Waals surface area (Å²) in [7, 11) is 0. The van der Waals surface area contributed by atoms with Gasteiger partial charge in [-0.2, -0.15) is 0 Å². The van der Waals surface area contributed by atoms with Crippen LogP contribution in [0.25, 0.3) is 0 Å². The first kappa shape index (κ1) is 12.4. The van der Waals surface area contributed by atoms with E-state index in [0.29, 0.717) is 18.5 Å². The molecule has 0 fully saturated rings. The molecule has 13 heavy (non-hydrogen) atoms. The van der Waals surface area contributed by atoms with Gasteiger partial charge in [0.1, 0.15) is 0 Å². The SMILES string of the molecule is CCC(C)C(C)NCC(N)C(N)=O. The Kier molecular flexibility index (Phi) is 5.66. The van der Waals surface area contributed by atoms with Crippen LogP contribution in [-0.4, -0.2) is 24.5 Å². The van der Waals surface area contributed by atoms with Crippen LogP contribution in [-0.2, 0) is 4.79 Å². The van der Waals surface area contributed by atoms with Gasteiger partial charge in [-0.15, -0.1) is 0 Å². The van der Waals surface area contributed by atoms with Crippen LogP contribution in [0.4, 0.5) is 0 Å². The number of hydrogen-bond acceptors (Lipinski definition) is 3. The molecule has 0 saturated heterocycles. The van der Waals surface area contributed by atoms with Gasteiger partial charge in [0.2, 0.25) is 5.91 Å². The molecule has 5 N–H and O–H groups in total. The van der Waals surface area contributed by atoms with Gasteiger partial charge in [0.15, 0.2) is 0 Å². The smallest absolute Gasteiger partial charge is 0.235 e. The van der Waals surface area contributed by atoms with Crippen molar-refractivity contribution in [3.05, 3.63) is 0 Å². The van der Waals surface area contributed by atoms with Gasteiger partial charge in [-0.1, -0.05) is 20.3 Å². The molecule has 0 spiro atoms. The second-order valence-electron chi connectivity index (χ2n) is 3.59. The Hall–Kier alpha value is -0.610. The number of rotatable bonds is 6. The standard InChI is InChI=1S/C9H21N3O/c1-4-6(2)7(3)12-5-8(10)9(11)13/h6-8,12H,4-5,10H2,1-3H3,(H2,11,13). The maximum absolute atomic E-state index is 10.6. The van der Waals surface area contributed by atoms with Crippen LogP contribution in [0.2, 0.25) is 0 Å². The fourth-order valence-electron chi connectivity index (χ4n) is 0.968. The van der Waals surface area contributed by atoms with Crippen molar-refractivity contribution in [3.63, 3.8) is 0 Å². The van der Waals surface area contributed by atoms with Gasteiger partial charge in [-0.25, -0.2) is 0 Å². The highest BCUT2D eigenvalue weighted by Gasteiger charge is 2.13. The quantitative estimate of drug-likeness (QED) is 0.539. The van der Waals surface area contributed by atoms with Crippen LogP contribution in [0.3, 0.4) is 0 Å². The summed E-state index contributed by atoms with van der Waals surface area (Å²) in [6.07, 6.45) is 1.11. The second kappa shape index (κ2) is 5.94. The van der Waals surface area contributed by atoms with E-state index < -0.39 is 11.9 Å². The van der Waals surface area contributed by atoms with Crippen molar-refractivity contribution in [1.29, 1.82) is 0 Å². The molecule has 3 atom stereocenters. The molecule has 0 aliphatic carbocycles. The van der Waals surface area contributed by atoms with Gasteiger partial charge in [0.25, 0.3) is 0 Å². The van der Waals surface area contributed by atoms with Crippen molar-refractivity contribution < 1.29 is 4.79 Å². The molecule has 3 unspecified atom stereocenters. The zero-order valence-electron chi connectivity index (χ0n) is 8.71. The molecule has 0 aliphatic rings. The lowest BCUT2D eigenvalue weighted by molar-refractivity contribution is -0.119. The van der Waals surface area contributed by atoms with Crippen LogP contribution in [0.1, 0.15) is 27.2 Å². The zero-order valence-corrected chi connectivity index (χ0v) is 8.71. The average molecular weight is 187 g/mol. The monoisotopic (exact) mass is 187 g/mol. The number of carbonyl (C=O) groups is 1. The molecule has 0 rings (SSSR count). The molecule has 0 aliphatic heterocycles. The number of nitrogens with two attached hydrogens (primary N) is 2. The van der Waals surface area contributed by atoms with Gasteiger partial charge in [-0.05, 0) is 12.8 Å². The fraction of sp³-hybridized carbons (Fsp3) is 0.889. The topological polar surface area (TPSA) is 81.1 Å². The van der Waals surface area contributed by atoms with Gasteiger partial charge in [0, 0.05) is 12.6 Å². The highest BCUT2D eigenvalue weighted by Crippen LogP contribution is 2.05. The van der Waals surface area contributed by atoms with E-state index in [4.69, 9.17) is 11.5 Å². The Balaban J connectivity index is 3.69. The normalized spacial score (nSPS) is 17.8. The molecule has 78 valence electrons. The maximum atomic E-state index is 10.6. The van der Waals surface area contributed by atoms with Crippen LogP contribution in [0.5, 0.6) is 0 Å². The molecule has 4 heteroatoms. The summed E-state index contributed by atoms with van der Waals surface area (Å²) >= 11 is 0. The minimum absolute atomic E-state index is 0.371. The molecule has 0 aromatic rings. The van der Waals surface area contributed by atoms with Crippen molar-refractivity contribution in [2.45, 2.75) is 39.3 Å². The Morgan fingerprint density at radius 2 is 2.00 bits per heavy atom. The molecule has 0 aromatic carbocycles. The predicted molar refractivity (Wildman–Crippen MR) is 54.1 cm³/mol. The van der Waals surface area contributed by atoms with Crippen molar-refractivity contribution in [1.82, 2.24) is 5.32 Å². The lowest BCUT2D eigenvalue weighted by atomic mass is 10.0. The Labute approximate surface area is 80.0 Å². The van der Waals surface area contributed by atoms with Crippen molar-refractivity contribution in [2.75, 3.05) is 6.54 Å². The predicted octanol–water partition coefficient (Wildman–Crippen LogP) is -0.177. The lowest BCUT2D eigenvalue weighted by Gasteiger charge is -2.21. The van der Waals surface area contributed by atoms with Crippen LogP contribution in [0.15, 0.2) is 0 Å². The summed E-state index contributed by atoms with van der Waals surface area (Å²) in [5.74, 6) is 0.129.